The molecule has 0 atom stereocenters. The van der Waals surface area contributed by atoms with Gasteiger partial charge in [0.25, 0.3) is 0 Å². The molecule has 0 aliphatic carbocycles. The Kier molecular flexibility index (Phi) is 15.6. The number of aromatic nitrogens is 1. The SMILES string of the molecule is CCC(CC)C(=O)/C=C(\O)C(CC)CC.Cc1cc(CC(C)(C)C)cc(C)c1-c1sc2c(-c3[c-]c4ccccc4c(C(C)(C)C)c3)nc(F)cc2c1C.[Ir]. The minimum absolute atomic E-state index is 0. The zero-order chi connectivity index (χ0) is 39.4. The summed E-state index contributed by atoms with van der Waals surface area (Å²) in [6, 6.07) is 20.3. The number of aliphatic hydroxyl groups is 1. The van der Waals surface area contributed by atoms with Gasteiger partial charge in [0.05, 0.1) is 5.76 Å². The number of hydrogen-bond donors (Lipinski definition) is 1. The Morgan fingerprint density at radius 3 is 1.98 bits per heavy atom. The molecule has 0 unspecified atom stereocenters. The number of carbonyl (C=O) groups is 1. The molecule has 3 aromatic carbocycles. The van der Waals surface area contributed by atoms with E-state index in [-0.39, 0.29) is 54.3 Å². The normalized spacial score (nSPS) is 12.3. The van der Waals surface area contributed by atoms with Gasteiger partial charge in [-0.1, -0.05) is 111 Å². The van der Waals surface area contributed by atoms with Gasteiger partial charge in [0, 0.05) is 59.4 Å². The molecule has 0 aliphatic rings. The predicted molar refractivity (Wildman–Crippen MR) is 227 cm³/mol. The Morgan fingerprint density at radius 1 is 0.870 bits per heavy atom. The number of halogens is 1. The second kappa shape index (κ2) is 18.6. The maximum atomic E-state index is 15.1. The molecule has 293 valence electrons. The van der Waals surface area contributed by atoms with Crippen molar-refractivity contribution in [1.29, 1.82) is 0 Å². The number of allylic oxidation sites excluding steroid dienone is 2. The molecule has 5 aromatic rings. The van der Waals surface area contributed by atoms with Crippen LogP contribution in [0.25, 0.3) is 42.6 Å². The number of hydrogen-bond acceptors (Lipinski definition) is 4. The summed E-state index contributed by atoms with van der Waals surface area (Å²) in [6.45, 7) is 28.1. The fourth-order valence-electron chi connectivity index (χ4n) is 7.49. The smallest absolute Gasteiger partial charge is 0.206 e. The van der Waals surface area contributed by atoms with Crippen LogP contribution in [-0.2, 0) is 36.7 Å². The first-order valence-electron chi connectivity index (χ1n) is 19.4. The van der Waals surface area contributed by atoms with Crippen LogP contribution in [0.5, 0.6) is 0 Å². The van der Waals surface area contributed by atoms with Gasteiger partial charge in [0.2, 0.25) is 5.95 Å². The van der Waals surface area contributed by atoms with Crippen molar-refractivity contribution in [2.75, 3.05) is 0 Å². The van der Waals surface area contributed by atoms with Crippen LogP contribution in [-0.4, -0.2) is 15.9 Å². The summed E-state index contributed by atoms with van der Waals surface area (Å²) >= 11 is 1.72. The van der Waals surface area contributed by atoms with Crippen LogP contribution in [0.15, 0.2) is 60.4 Å². The molecule has 0 bridgehead atoms. The van der Waals surface area contributed by atoms with Crippen LogP contribution in [0.2, 0.25) is 0 Å². The third kappa shape index (κ3) is 10.6. The fourth-order valence-corrected chi connectivity index (χ4v) is 8.95. The van der Waals surface area contributed by atoms with Crippen molar-refractivity contribution in [3.05, 3.63) is 100 Å². The molecular formula is C48H61FIrNO2S-. The topological polar surface area (TPSA) is 50.2 Å². The summed E-state index contributed by atoms with van der Waals surface area (Å²) in [6.07, 6.45) is 5.94. The maximum absolute atomic E-state index is 15.1. The van der Waals surface area contributed by atoms with E-state index in [9.17, 15) is 9.90 Å². The molecule has 0 spiro atoms. The van der Waals surface area contributed by atoms with Gasteiger partial charge in [-0.2, -0.15) is 4.39 Å². The van der Waals surface area contributed by atoms with Gasteiger partial charge in [0.15, 0.2) is 5.78 Å². The molecule has 5 rings (SSSR count). The summed E-state index contributed by atoms with van der Waals surface area (Å²) in [5, 5.41) is 12.9. The van der Waals surface area contributed by atoms with Crippen molar-refractivity contribution < 1.29 is 34.4 Å². The number of pyridine rings is 1. The van der Waals surface area contributed by atoms with E-state index < -0.39 is 5.95 Å². The van der Waals surface area contributed by atoms with E-state index in [4.69, 9.17) is 0 Å². The van der Waals surface area contributed by atoms with Crippen molar-refractivity contribution >= 4 is 38.0 Å². The minimum atomic E-state index is -0.451. The van der Waals surface area contributed by atoms with Gasteiger partial charge in [-0.25, -0.2) is 0 Å². The average Bonchev–Trinajstić information content (AvgIpc) is 3.38. The third-order valence-corrected chi connectivity index (χ3v) is 11.7. The van der Waals surface area contributed by atoms with Gasteiger partial charge >= 0.3 is 0 Å². The first kappa shape index (κ1) is 45.2. The van der Waals surface area contributed by atoms with E-state index >= 15 is 4.39 Å². The van der Waals surface area contributed by atoms with Gasteiger partial charge < -0.3 is 5.11 Å². The Balaban J connectivity index is 0.000000418. The van der Waals surface area contributed by atoms with Crippen molar-refractivity contribution in [3.8, 4) is 21.7 Å². The summed E-state index contributed by atoms with van der Waals surface area (Å²) < 4.78 is 16.1. The summed E-state index contributed by atoms with van der Waals surface area (Å²) in [4.78, 5) is 17.4. The van der Waals surface area contributed by atoms with Crippen molar-refractivity contribution in [2.45, 2.75) is 128 Å². The Morgan fingerprint density at radius 2 is 1.44 bits per heavy atom. The van der Waals surface area contributed by atoms with E-state index in [1.165, 1.54) is 44.2 Å². The molecule has 6 heteroatoms. The molecule has 0 saturated carbocycles. The average molecular weight is 927 g/mol. The van der Waals surface area contributed by atoms with Crippen LogP contribution in [0.4, 0.5) is 4.39 Å². The molecule has 1 N–H and O–H groups in total. The largest absolute Gasteiger partial charge is 0.512 e. The second-order valence-electron chi connectivity index (χ2n) is 17.0. The second-order valence-corrected chi connectivity index (χ2v) is 18.0. The standard InChI is InChI=1S/C35H37FNS.C13H24O2.Ir/c1-20-14-23(19-34(4,5)6)15-21(2)30(20)32-22(3)27-18-29(36)37-31(33(27)38-32)25-16-24-12-10-11-13-26(24)28(17-25)35(7,8)9;1-5-10(6-2)12(14)9-13(15)11(7-3)8-4;/h10-15,17-18H,19H2,1-9H3;9-11,14H,5-8H2,1-4H3;/q-1;;/b;12-9-;. The van der Waals surface area contributed by atoms with E-state index in [0.29, 0.717) is 5.69 Å². The quantitative estimate of drug-likeness (QED) is 0.0657. The molecule has 0 saturated heterocycles. The van der Waals surface area contributed by atoms with E-state index in [0.717, 1.165) is 58.7 Å². The fraction of sp³-hybridized carbons (Fsp3) is 0.458. The minimum Gasteiger partial charge on any atom is -0.512 e. The zero-order valence-electron chi connectivity index (χ0n) is 34.8. The number of carbonyl (C=O) groups excluding carboxylic acids is 1. The van der Waals surface area contributed by atoms with Crippen LogP contribution in [0, 0.1) is 50.0 Å². The molecule has 54 heavy (non-hydrogen) atoms. The summed E-state index contributed by atoms with van der Waals surface area (Å²) in [5.74, 6) is 0.0962. The summed E-state index contributed by atoms with van der Waals surface area (Å²) in [5.41, 5.74) is 9.16. The molecule has 0 aliphatic heterocycles. The van der Waals surface area contributed by atoms with E-state index in [1.54, 1.807) is 17.4 Å². The molecule has 2 heterocycles. The number of benzene rings is 3. The number of rotatable bonds is 10. The molecule has 0 amide bonds. The number of nitrogens with zero attached hydrogens (tertiary/aromatic N) is 1. The van der Waals surface area contributed by atoms with Crippen molar-refractivity contribution in [2.24, 2.45) is 17.3 Å². The van der Waals surface area contributed by atoms with Crippen LogP contribution >= 0.6 is 11.3 Å². The molecular weight excluding hydrogens is 866 g/mol. The number of thiophene rings is 1. The van der Waals surface area contributed by atoms with Crippen molar-refractivity contribution in [1.82, 2.24) is 4.98 Å². The third-order valence-electron chi connectivity index (χ3n) is 10.4. The molecule has 0 fully saturated rings. The Labute approximate surface area is 342 Å². The number of aryl methyl sites for hydroxylation is 3. The number of aliphatic hydroxyl groups excluding tert-OH is 1. The van der Waals surface area contributed by atoms with Gasteiger partial charge in [-0.3, -0.25) is 9.78 Å². The first-order valence-corrected chi connectivity index (χ1v) is 20.2. The number of ketones is 1. The zero-order valence-corrected chi connectivity index (χ0v) is 38.0. The first-order chi connectivity index (χ1) is 24.8. The van der Waals surface area contributed by atoms with E-state index in [1.807, 2.05) is 33.8 Å². The maximum Gasteiger partial charge on any atom is 0.206 e. The van der Waals surface area contributed by atoms with Gasteiger partial charge in [-0.05, 0) is 96.9 Å². The summed E-state index contributed by atoms with van der Waals surface area (Å²) in [7, 11) is 0. The van der Waals surface area contributed by atoms with Crippen molar-refractivity contribution in [3.63, 3.8) is 0 Å². The molecule has 2 aromatic heterocycles. The Bertz CT molecular complexity index is 2080. The molecule has 1 radical (unpaired) electrons. The van der Waals surface area contributed by atoms with Gasteiger partial charge in [-0.15, -0.1) is 40.5 Å². The number of fused-ring (bicyclic) bond motifs is 2. The monoisotopic (exact) mass is 927 g/mol. The van der Waals surface area contributed by atoms with E-state index in [2.05, 4.69) is 110 Å². The molecule has 3 nitrogen and oxygen atoms in total. The van der Waals surface area contributed by atoms with Gasteiger partial charge in [0.1, 0.15) is 0 Å². The van der Waals surface area contributed by atoms with Crippen LogP contribution < -0.4 is 0 Å². The van der Waals surface area contributed by atoms with Crippen LogP contribution in [0.1, 0.15) is 123 Å². The Hall–Kier alpha value is -3.18. The van der Waals surface area contributed by atoms with Crippen LogP contribution in [0.3, 0.4) is 0 Å². The predicted octanol–water partition coefficient (Wildman–Crippen LogP) is 14.4.